The molecule has 0 aliphatic rings. The van der Waals surface area contributed by atoms with Gasteiger partial charge < -0.3 is 34.3 Å². The van der Waals surface area contributed by atoms with Crippen LogP contribution in [0.1, 0.15) is 87.8 Å². The third kappa shape index (κ3) is 15.3. The van der Waals surface area contributed by atoms with Crippen LogP contribution in [0.4, 0.5) is 0 Å². The Labute approximate surface area is 292 Å². The number of aromatic hydroxyl groups is 3. The molecule has 0 amide bonds. The smallest absolute Gasteiger partial charge is 0.306 e. The minimum atomic E-state index is -0.296. The number of rotatable bonds is 15. The third-order valence-corrected chi connectivity index (χ3v) is 7.68. The van der Waals surface area contributed by atoms with Crippen molar-refractivity contribution in [2.75, 3.05) is 39.6 Å². The summed E-state index contributed by atoms with van der Waals surface area (Å²) >= 11 is 0. The molecular formula is C40H56O9. The van der Waals surface area contributed by atoms with Crippen LogP contribution < -0.4 is 0 Å². The van der Waals surface area contributed by atoms with Gasteiger partial charge in [-0.3, -0.25) is 9.59 Å². The number of benzene rings is 3. The Morgan fingerprint density at radius 2 is 0.939 bits per heavy atom. The van der Waals surface area contributed by atoms with Gasteiger partial charge in [0.1, 0.15) is 30.5 Å². The van der Waals surface area contributed by atoms with Crippen molar-refractivity contribution in [3.8, 4) is 17.2 Å². The minimum Gasteiger partial charge on any atom is -0.508 e. The maximum Gasteiger partial charge on any atom is 0.306 e. The molecule has 3 aromatic rings. The first-order valence-corrected chi connectivity index (χ1v) is 16.9. The number of carbonyl (C=O) groups excluding carboxylic acids is 2. The number of ether oxygens (including phenoxy) is 4. The summed E-state index contributed by atoms with van der Waals surface area (Å²) in [5, 5.41) is 29.4. The molecule has 0 aliphatic carbocycles. The van der Waals surface area contributed by atoms with Crippen LogP contribution in [0.15, 0.2) is 54.6 Å². The fraction of sp³-hybridized carbons (Fsp3) is 0.500. The summed E-state index contributed by atoms with van der Waals surface area (Å²) in [5.41, 5.74) is 4.95. The van der Waals surface area contributed by atoms with Crippen LogP contribution in [0.2, 0.25) is 0 Å². The van der Waals surface area contributed by atoms with Crippen LogP contribution in [-0.2, 0) is 52.2 Å². The van der Waals surface area contributed by atoms with E-state index in [9.17, 15) is 19.8 Å². The normalized spacial score (nSPS) is 11.4. The van der Waals surface area contributed by atoms with Gasteiger partial charge in [0.2, 0.25) is 0 Å². The Balaban J connectivity index is 0.00000105. The van der Waals surface area contributed by atoms with Crippen LogP contribution in [0.25, 0.3) is 0 Å². The number of esters is 2. The fourth-order valence-electron chi connectivity index (χ4n) is 4.96. The van der Waals surface area contributed by atoms with E-state index in [1.54, 1.807) is 24.3 Å². The molecule has 0 saturated carbocycles. The van der Waals surface area contributed by atoms with E-state index in [0.717, 1.165) is 33.4 Å². The fourth-order valence-corrected chi connectivity index (χ4v) is 4.96. The SMILES string of the molecule is Cc1cc(CCC(=O)OCCOCCOCCOC(=O)CCc2cc(C)c(O)c(C(C)(C)C)c2)cc(C(C)(C)C)c1O.Oc1ccccc1. The predicted octanol–water partition coefficient (Wildman–Crippen LogP) is 7.39. The minimum absolute atomic E-state index is 0.163. The number of phenolic OH excluding ortho intramolecular Hbond substituents is 3. The summed E-state index contributed by atoms with van der Waals surface area (Å²) in [5.74, 6) is 0.345. The van der Waals surface area contributed by atoms with Gasteiger partial charge in [0.15, 0.2) is 0 Å². The van der Waals surface area contributed by atoms with Crippen molar-refractivity contribution in [1.29, 1.82) is 0 Å². The van der Waals surface area contributed by atoms with Gasteiger partial charge in [-0.2, -0.15) is 0 Å². The monoisotopic (exact) mass is 680 g/mol. The van der Waals surface area contributed by atoms with Crippen molar-refractivity contribution in [2.45, 2.75) is 91.9 Å². The maximum atomic E-state index is 12.1. The predicted molar refractivity (Wildman–Crippen MR) is 191 cm³/mol. The Hall–Kier alpha value is -4.08. The van der Waals surface area contributed by atoms with Gasteiger partial charge in [-0.05, 0) is 83.0 Å². The molecule has 0 saturated heterocycles. The van der Waals surface area contributed by atoms with Gasteiger partial charge >= 0.3 is 11.9 Å². The van der Waals surface area contributed by atoms with Crippen molar-refractivity contribution in [1.82, 2.24) is 0 Å². The topological polar surface area (TPSA) is 132 Å². The highest BCUT2D eigenvalue weighted by molar-refractivity contribution is 5.70. The number of carbonyl (C=O) groups is 2. The molecule has 0 spiro atoms. The average molecular weight is 681 g/mol. The molecule has 0 aromatic heterocycles. The lowest BCUT2D eigenvalue weighted by atomic mass is 9.83. The first kappa shape index (κ1) is 41.1. The molecule has 3 rings (SSSR count). The summed E-state index contributed by atoms with van der Waals surface area (Å²) in [6.07, 6.45) is 1.58. The lowest BCUT2D eigenvalue weighted by Crippen LogP contribution is -2.16. The van der Waals surface area contributed by atoms with Gasteiger partial charge in [0.05, 0.1) is 26.4 Å². The van der Waals surface area contributed by atoms with Crippen LogP contribution in [0.5, 0.6) is 17.2 Å². The zero-order valence-electron chi connectivity index (χ0n) is 30.6. The maximum absolute atomic E-state index is 12.1. The molecule has 0 bridgehead atoms. The van der Waals surface area contributed by atoms with Crippen LogP contribution >= 0.6 is 0 Å². The number of para-hydroxylation sites is 1. The van der Waals surface area contributed by atoms with Crippen molar-refractivity contribution < 1.29 is 43.9 Å². The van der Waals surface area contributed by atoms with Crippen molar-refractivity contribution in [3.05, 3.63) is 88.0 Å². The summed E-state index contributed by atoms with van der Waals surface area (Å²) in [4.78, 5) is 24.2. The van der Waals surface area contributed by atoms with E-state index < -0.39 is 0 Å². The quantitative estimate of drug-likeness (QED) is 0.111. The molecule has 0 unspecified atom stereocenters. The van der Waals surface area contributed by atoms with E-state index in [4.69, 9.17) is 24.1 Å². The van der Waals surface area contributed by atoms with Crippen LogP contribution in [-0.4, -0.2) is 66.9 Å². The zero-order chi connectivity index (χ0) is 36.6. The molecule has 3 N–H and O–H groups in total. The highest BCUT2D eigenvalue weighted by Gasteiger charge is 2.21. The second-order valence-electron chi connectivity index (χ2n) is 14.1. The number of aryl methyl sites for hydroxylation is 4. The highest BCUT2D eigenvalue weighted by Crippen LogP contribution is 2.35. The van der Waals surface area contributed by atoms with Gasteiger partial charge in [-0.1, -0.05) is 84.0 Å². The van der Waals surface area contributed by atoms with Crippen LogP contribution in [0.3, 0.4) is 0 Å². The van der Waals surface area contributed by atoms with Gasteiger partial charge in [0.25, 0.3) is 0 Å². The number of hydrogen-bond donors (Lipinski definition) is 3. The first-order valence-electron chi connectivity index (χ1n) is 16.9. The van der Waals surface area contributed by atoms with E-state index in [0.29, 0.717) is 43.3 Å². The molecule has 0 aliphatic heterocycles. The Morgan fingerprint density at radius 1 is 0.571 bits per heavy atom. The van der Waals surface area contributed by atoms with E-state index >= 15 is 0 Å². The third-order valence-electron chi connectivity index (χ3n) is 7.68. The van der Waals surface area contributed by atoms with E-state index in [1.165, 1.54) is 0 Å². The molecule has 9 heteroatoms. The lowest BCUT2D eigenvalue weighted by Gasteiger charge is -2.22. The van der Waals surface area contributed by atoms with Crippen molar-refractivity contribution in [3.63, 3.8) is 0 Å². The standard InChI is InChI=1S/C34H50O8.C6H6O/c1-23-19-25(21-27(31(23)37)33(3,4)5)9-11-29(35)41-17-15-39-13-14-40-16-18-42-30(36)12-10-26-20-24(2)32(38)28(22-26)34(6,7)8;7-6-4-2-1-3-5-6/h19-22,37-38H,9-18H2,1-8H3;1-5,7H. The molecule has 270 valence electrons. The number of phenols is 3. The molecule has 49 heavy (non-hydrogen) atoms. The van der Waals surface area contributed by atoms with Gasteiger partial charge in [-0.25, -0.2) is 0 Å². The van der Waals surface area contributed by atoms with Gasteiger partial charge in [0, 0.05) is 12.8 Å². The molecule has 0 radical (unpaired) electrons. The van der Waals surface area contributed by atoms with E-state index in [2.05, 4.69) is 0 Å². The molecule has 3 aromatic carbocycles. The van der Waals surface area contributed by atoms with Crippen molar-refractivity contribution >= 4 is 11.9 Å². The van der Waals surface area contributed by atoms with Crippen LogP contribution in [0, 0.1) is 13.8 Å². The zero-order valence-corrected chi connectivity index (χ0v) is 30.6. The van der Waals surface area contributed by atoms with E-state index in [-0.39, 0.29) is 62.0 Å². The summed E-state index contributed by atoms with van der Waals surface area (Å²) < 4.78 is 21.4. The highest BCUT2D eigenvalue weighted by atomic mass is 16.6. The van der Waals surface area contributed by atoms with Crippen molar-refractivity contribution in [2.24, 2.45) is 0 Å². The average Bonchev–Trinajstić information content (AvgIpc) is 3.02. The molecule has 0 heterocycles. The second-order valence-corrected chi connectivity index (χ2v) is 14.1. The summed E-state index contributed by atoms with van der Waals surface area (Å²) in [6.45, 7) is 17.5. The molecular weight excluding hydrogens is 624 g/mol. The summed E-state index contributed by atoms with van der Waals surface area (Å²) in [6, 6.07) is 16.4. The Morgan fingerprint density at radius 3 is 1.27 bits per heavy atom. The van der Waals surface area contributed by atoms with E-state index in [1.807, 2.05) is 85.7 Å². The summed E-state index contributed by atoms with van der Waals surface area (Å²) in [7, 11) is 0. The Bertz CT molecular complexity index is 1370. The molecule has 0 atom stereocenters. The molecule has 0 fully saturated rings. The number of hydrogen-bond acceptors (Lipinski definition) is 9. The molecule has 9 nitrogen and oxygen atoms in total. The second kappa shape index (κ2) is 19.8. The van der Waals surface area contributed by atoms with Gasteiger partial charge in [-0.15, -0.1) is 0 Å². The Kier molecular flexibility index (Phi) is 16.6. The largest absolute Gasteiger partial charge is 0.508 e. The first-order chi connectivity index (χ1) is 23.0. The lowest BCUT2D eigenvalue weighted by molar-refractivity contribution is -0.146.